The molecule has 0 bridgehead atoms. The summed E-state index contributed by atoms with van der Waals surface area (Å²) in [5.74, 6) is 0.0604. The van der Waals surface area contributed by atoms with E-state index in [-0.39, 0.29) is 5.82 Å². The molecule has 0 N–H and O–H groups in total. The molecule has 0 atom stereocenters. The van der Waals surface area contributed by atoms with Crippen molar-refractivity contribution in [2.45, 2.75) is 6.42 Å². The average Bonchev–Trinajstić information content (AvgIpc) is 2.08. The van der Waals surface area contributed by atoms with Gasteiger partial charge in [0.05, 0.1) is 11.6 Å². The highest BCUT2D eigenvalue weighted by Gasteiger charge is 2.01. The van der Waals surface area contributed by atoms with Crippen molar-refractivity contribution in [2.75, 3.05) is 5.88 Å². The molecule has 0 aliphatic heterocycles. The van der Waals surface area contributed by atoms with Crippen LogP contribution in [0.1, 0.15) is 11.1 Å². The first kappa shape index (κ1) is 9.02. The zero-order chi connectivity index (χ0) is 8.97. The third-order valence-corrected chi connectivity index (χ3v) is 1.75. The Morgan fingerprint density at radius 1 is 1.50 bits per heavy atom. The minimum atomic E-state index is -0.384. The highest BCUT2D eigenvalue weighted by molar-refractivity contribution is 6.18. The molecule has 1 aromatic rings. The predicted octanol–water partition coefficient (Wildman–Crippen LogP) is 2.48. The summed E-state index contributed by atoms with van der Waals surface area (Å²) in [6, 6.07) is 6.08. The van der Waals surface area contributed by atoms with Gasteiger partial charge in [-0.2, -0.15) is 5.26 Å². The standard InChI is InChI=1S/C9H7ClFN/c10-4-3-7-1-2-9(11)5-8(7)6-12/h1-2,5H,3-4H2. The number of rotatable bonds is 2. The third-order valence-electron chi connectivity index (χ3n) is 1.56. The Balaban J connectivity index is 3.05. The van der Waals surface area contributed by atoms with Gasteiger partial charge in [0, 0.05) is 5.88 Å². The number of hydrogen-bond acceptors (Lipinski definition) is 1. The molecule has 0 unspecified atom stereocenters. The summed E-state index contributed by atoms with van der Waals surface area (Å²) in [5, 5.41) is 8.61. The van der Waals surface area contributed by atoms with Crippen molar-refractivity contribution in [3.05, 3.63) is 35.1 Å². The highest BCUT2D eigenvalue weighted by atomic mass is 35.5. The lowest BCUT2D eigenvalue weighted by Crippen LogP contribution is -1.92. The molecule has 0 amide bonds. The van der Waals surface area contributed by atoms with Gasteiger partial charge in [-0.05, 0) is 24.1 Å². The van der Waals surface area contributed by atoms with E-state index in [9.17, 15) is 4.39 Å². The summed E-state index contributed by atoms with van der Waals surface area (Å²) in [6.07, 6.45) is 0.602. The quantitative estimate of drug-likeness (QED) is 0.647. The Bertz CT molecular complexity index is 317. The average molecular weight is 184 g/mol. The lowest BCUT2D eigenvalue weighted by molar-refractivity contribution is 0.626. The molecule has 0 saturated carbocycles. The van der Waals surface area contributed by atoms with Crippen molar-refractivity contribution in [3.8, 4) is 6.07 Å². The number of alkyl halides is 1. The SMILES string of the molecule is N#Cc1cc(F)ccc1CCCl. The normalized spacial score (nSPS) is 9.42. The van der Waals surface area contributed by atoms with E-state index >= 15 is 0 Å². The van der Waals surface area contributed by atoms with Gasteiger partial charge in [0.25, 0.3) is 0 Å². The smallest absolute Gasteiger partial charge is 0.124 e. The maximum absolute atomic E-state index is 12.6. The molecule has 3 heteroatoms. The highest BCUT2D eigenvalue weighted by Crippen LogP contribution is 2.11. The Hall–Kier alpha value is -1.07. The van der Waals surface area contributed by atoms with E-state index < -0.39 is 0 Å². The molecule has 0 aliphatic rings. The van der Waals surface area contributed by atoms with Crippen LogP contribution in [0, 0.1) is 17.1 Å². The summed E-state index contributed by atoms with van der Waals surface area (Å²) in [5.41, 5.74) is 1.17. The molecule has 0 spiro atoms. The van der Waals surface area contributed by atoms with E-state index in [4.69, 9.17) is 16.9 Å². The number of nitrogens with zero attached hydrogens (tertiary/aromatic N) is 1. The first-order valence-corrected chi connectivity index (χ1v) is 4.06. The first-order valence-electron chi connectivity index (χ1n) is 3.52. The van der Waals surface area contributed by atoms with E-state index in [1.54, 1.807) is 6.07 Å². The summed E-state index contributed by atoms with van der Waals surface area (Å²) < 4.78 is 12.6. The van der Waals surface area contributed by atoms with Gasteiger partial charge < -0.3 is 0 Å². The number of halogens is 2. The van der Waals surface area contributed by atoms with Gasteiger partial charge in [0.15, 0.2) is 0 Å². The summed E-state index contributed by atoms with van der Waals surface area (Å²) >= 11 is 5.50. The second-order valence-corrected chi connectivity index (χ2v) is 2.73. The van der Waals surface area contributed by atoms with E-state index in [2.05, 4.69) is 0 Å². The molecule has 1 rings (SSSR count). The number of hydrogen-bond donors (Lipinski definition) is 0. The van der Waals surface area contributed by atoms with Crippen LogP contribution in [0.2, 0.25) is 0 Å². The number of benzene rings is 1. The van der Waals surface area contributed by atoms with Gasteiger partial charge in [-0.1, -0.05) is 6.07 Å². The molecule has 1 aromatic carbocycles. The fraction of sp³-hybridized carbons (Fsp3) is 0.222. The van der Waals surface area contributed by atoms with E-state index in [0.717, 1.165) is 5.56 Å². The van der Waals surface area contributed by atoms with E-state index in [0.29, 0.717) is 17.9 Å². The van der Waals surface area contributed by atoms with Crippen molar-refractivity contribution in [1.29, 1.82) is 5.26 Å². The summed E-state index contributed by atoms with van der Waals surface area (Å²) in [6.45, 7) is 0. The molecule has 12 heavy (non-hydrogen) atoms. The minimum absolute atomic E-state index is 0.371. The summed E-state index contributed by atoms with van der Waals surface area (Å²) in [4.78, 5) is 0. The van der Waals surface area contributed by atoms with Crippen molar-refractivity contribution in [2.24, 2.45) is 0 Å². The lowest BCUT2D eigenvalue weighted by Gasteiger charge is -1.99. The molecule has 0 saturated heterocycles. The molecule has 1 nitrogen and oxygen atoms in total. The van der Waals surface area contributed by atoms with Gasteiger partial charge >= 0.3 is 0 Å². The zero-order valence-corrected chi connectivity index (χ0v) is 7.11. The zero-order valence-electron chi connectivity index (χ0n) is 6.35. The van der Waals surface area contributed by atoms with Crippen LogP contribution in [0.15, 0.2) is 18.2 Å². The van der Waals surface area contributed by atoms with Crippen molar-refractivity contribution < 1.29 is 4.39 Å². The second-order valence-electron chi connectivity index (χ2n) is 2.35. The molecule has 0 heterocycles. The molecule has 0 aliphatic carbocycles. The van der Waals surface area contributed by atoms with Crippen LogP contribution in [0.4, 0.5) is 4.39 Å². The lowest BCUT2D eigenvalue weighted by atomic mass is 10.1. The van der Waals surface area contributed by atoms with Crippen LogP contribution >= 0.6 is 11.6 Å². The Morgan fingerprint density at radius 2 is 2.25 bits per heavy atom. The molecular weight excluding hydrogens is 177 g/mol. The Kier molecular flexibility index (Phi) is 3.07. The minimum Gasteiger partial charge on any atom is -0.207 e. The first-order chi connectivity index (χ1) is 5.77. The molecule has 0 aromatic heterocycles. The van der Waals surface area contributed by atoms with Crippen molar-refractivity contribution in [1.82, 2.24) is 0 Å². The third kappa shape index (κ3) is 1.96. The monoisotopic (exact) mass is 183 g/mol. The Morgan fingerprint density at radius 3 is 2.83 bits per heavy atom. The molecular formula is C9H7ClFN. The van der Waals surface area contributed by atoms with Crippen LogP contribution in [0.3, 0.4) is 0 Å². The maximum Gasteiger partial charge on any atom is 0.124 e. The molecule has 62 valence electrons. The van der Waals surface area contributed by atoms with Crippen molar-refractivity contribution >= 4 is 11.6 Å². The van der Waals surface area contributed by atoms with Gasteiger partial charge in [-0.25, -0.2) is 4.39 Å². The Labute approximate surface area is 75.4 Å². The second kappa shape index (κ2) is 4.08. The molecule has 0 radical (unpaired) electrons. The topological polar surface area (TPSA) is 23.8 Å². The van der Waals surface area contributed by atoms with Crippen LogP contribution in [0.5, 0.6) is 0 Å². The van der Waals surface area contributed by atoms with Gasteiger partial charge in [-0.3, -0.25) is 0 Å². The fourth-order valence-corrected chi connectivity index (χ4v) is 1.18. The van der Waals surface area contributed by atoms with Crippen molar-refractivity contribution in [3.63, 3.8) is 0 Å². The number of nitriles is 1. The maximum atomic E-state index is 12.6. The predicted molar refractivity (Wildman–Crippen MR) is 45.5 cm³/mol. The largest absolute Gasteiger partial charge is 0.207 e. The molecule has 0 fully saturated rings. The van der Waals surface area contributed by atoms with Crippen LogP contribution < -0.4 is 0 Å². The number of aryl methyl sites for hydroxylation is 1. The summed E-state index contributed by atoms with van der Waals surface area (Å²) in [7, 11) is 0. The van der Waals surface area contributed by atoms with Crippen LogP contribution in [-0.2, 0) is 6.42 Å². The van der Waals surface area contributed by atoms with Gasteiger partial charge in [-0.15, -0.1) is 11.6 Å². The van der Waals surface area contributed by atoms with Gasteiger partial charge in [0.2, 0.25) is 0 Å². The van der Waals surface area contributed by atoms with Crippen LogP contribution in [0.25, 0.3) is 0 Å². The van der Waals surface area contributed by atoms with Gasteiger partial charge in [0.1, 0.15) is 5.82 Å². The fourth-order valence-electron chi connectivity index (χ4n) is 0.973. The van der Waals surface area contributed by atoms with Crippen LogP contribution in [-0.4, -0.2) is 5.88 Å². The van der Waals surface area contributed by atoms with E-state index in [1.165, 1.54) is 12.1 Å². The van der Waals surface area contributed by atoms with E-state index in [1.807, 2.05) is 6.07 Å².